The van der Waals surface area contributed by atoms with Gasteiger partial charge >= 0.3 is 0 Å². The van der Waals surface area contributed by atoms with Crippen LogP contribution < -0.4 is 5.73 Å². The highest BCUT2D eigenvalue weighted by molar-refractivity contribution is 7.95. The quantitative estimate of drug-likeness (QED) is 0.512. The SMILES string of the molecule is CC[C@@](Cl)(C(=O)c1cccc(N)c1)S(=O)(=O)CC. The Morgan fingerprint density at radius 3 is 2.44 bits per heavy atom. The number of hydrogen-bond acceptors (Lipinski definition) is 4. The Kier molecular flexibility index (Phi) is 4.40. The van der Waals surface area contributed by atoms with Gasteiger partial charge in [0.25, 0.3) is 0 Å². The van der Waals surface area contributed by atoms with Crippen molar-refractivity contribution in [3.8, 4) is 0 Å². The molecular weight excluding hydrogens is 274 g/mol. The highest BCUT2D eigenvalue weighted by Gasteiger charge is 2.46. The molecule has 1 aromatic rings. The van der Waals surface area contributed by atoms with Crippen LogP contribution in [0, 0.1) is 0 Å². The number of carbonyl (C=O) groups is 1. The number of carbonyl (C=O) groups excluding carboxylic acids is 1. The van der Waals surface area contributed by atoms with Gasteiger partial charge in [0.05, 0.1) is 0 Å². The molecule has 0 aliphatic carbocycles. The van der Waals surface area contributed by atoms with Crippen LogP contribution in [-0.4, -0.2) is 24.2 Å². The second kappa shape index (κ2) is 5.28. The van der Waals surface area contributed by atoms with Gasteiger partial charge in [-0.15, -0.1) is 0 Å². The molecule has 1 rings (SSSR count). The number of halogens is 1. The van der Waals surface area contributed by atoms with Crippen molar-refractivity contribution in [2.75, 3.05) is 11.5 Å². The predicted molar refractivity (Wildman–Crippen MR) is 73.5 cm³/mol. The molecule has 0 aliphatic rings. The summed E-state index contributed by atoms with van der Waals surface area (Å²) in [6, 6.07) is 6.15. The molecule has 1 aromatic carbocycles. The number of Topliss-reactive ketones (excluding diaryl/α,β-unsaturated/α-hetero) is 1. The van der Waals surface area contributed by atoms with Gasteiger partial charge in [0.15, 0.2) is 15.6 Å². The molecule has 0 saturated heterocycles. The van der Waals surface area contributed by atoms with E-state index in [-0.39, 0.29) is 17.7 Å². The lowest BCUT2D eigenvalue weighted by Gasteiger charge is -2.23. The smallest absolute Gasteiger partial charge is 0.207 e. The van der Waals surface area contributed by atoms with Gasteiger partial charge < -0.3 is 5.73 Å². The van der Waals surface area contributed by atoms with Gasteiger partial charge in [-0.3, -0.25) is 4.79 Å². The van der Waals surface area contributed by atoms with Gasteiger partial charge in [-0.25, -0.2) is 8.42 Å². The van der Waals surface area contributed by atoms with Crippen LogP contribution in [0.4, 0.5) is 5.69 Å². The van der Waals surface area contributed by atoms with E-state index in [0.29, 0.717) is 5.69 Å². The molecular formula is C12H16ClNO3S. The summed E-state index contributed by atoms with van der Waals surface area (Å²) in [4.78, 5) is 12.3. The van der Waals surface area contributed by atoms with Crippen LogP contribution in [0.2, 0.25) is 0 Å². The van der Waals surface area contributed by atoms with Crippen molar-refractivity contribution in [3.05, 3.63) is 29.8 Å². The molecule has 2 N–H and O–H groups in total. The second-order valence-corrected chi connectivity index (χ2v) is 7.31. The van der Waals surface area contributed by atoms with E-state index < -0.39 is 19.8 Å². The average molecular weight is 290 g/mol. The van der Waals surface area contributed by atoms with E-state index >= 15 is 0 Å². The number of rotatable bonds is 5. The van der Waals surface area contributed by atoms with Gasteiger partial charge in [0.2, 0.25) is 4.21 Å². The van der Waals surface area contributed by atoms with Crippen LogP contribution >= 0.6 is 11.6 Å². The minimum absolute atomic E-state index is 0.0123. The fourth-order valence-electron chi connectivity index (χ4n) is 1.65. The molecule has 0 fully saturated rings. The van der Waals surface area contributed by atoms with E-state index in [1.807, 2.05) is 0 Å². The summed E-state index contributed by atoms with van der Waals surface area (Å²) in [5.74, 6) is -0.806. The van der Waals surface area contributed by atoms with Crippen LogP contribution in [0.15, 0.2) is 24.3 Å². The second-order valence-electron chi connectivity index (χ2n) is 3.94. The third kappa shape index (κ3) is 2.52. The van der Waals surface area contributed by atoms with Crippen LogP contribution in [0.1, 0.15) is 30.6 Å². The molecule has 0 aliphatic heterocycles. The number of hydrogen-bond donors (Lipinski definition) is 1. The van der Waals surface area contributed by atoms with Gasteiger partial charge in [0.1, 0.15) is 0 Å². The first kappa shape index (κ1) is 15.0. The highest BCUT2D eigenvalue weighted by Crippen LogP contribution is 2.32. The molecule has 1 atom stereocenters. The van der Waals surface area contributed by atoms with Crippen LogP contribution in [0.25, 0.3) is 0 Å². The molecule has 0 heterocycles. The van der Waals surface area contributed by atoms with Gasteiger partial charge in [-0.2, -0.15) is 0 Å². The zero-order chi connectivity index (χ0) is 14.0. The minimum atomic E-state index is -3.70. The van der Waals surface area contributed by atoms with Gasteiger partial charge in [-0.05, 0) is 18.6 Å². The third-order valence-electron chi connectivity index (χ3n) is 2.82. The van der Waals surface area contributed by atoms with Crippen molar-refractivity contribution in [1.29, 1.82) is 0 Å². The Balaban J connectivity index is 3.31. The zero-order valence-electron chi connectivity index (χ0n) is 10.3. The fourth-order valence-corrected chi connectivity index (χ4v) is 3.38. The molecule has 0 amide bonds. The Morgan fingerprint density at radius 1 is 1.39 bits per heavy atom. The predicted octanol–water partition coefficient (Wildman–Crippen LogP) is 2.23. The topological polar surface area (TPSA) is 77.2 Å². The van der Waals surface area contributed by atoms with Crippen molar-refractivity contribution in [1.82, 2.24) is 0 Å². The highest BCUT2D eigenvalue weighted by atomic mass is 35.5. The fraction of sp³-hybridized carbons (Fsp3) is 0.417. The van der Waals surface area contributed by atoms with Crippen molar-refractivity contribution in [2.24, 2.45) is 0 Å². The zero-order valence-corrected chi connectivity index (χ0v) is 11.9. The molecule has 100 valence electrons. The van der Waals surface area contributed by atoms with Gasteiger partial charge in [0, 0.05) is 17.0 Å². The van der Waals surface area contributed by atoms with E-state index in [4.69, 9.17) is 17.3 Å². The van der Waals surface area contributed by atoms with E-state index in [9.17, 15) is 13.2 Å². The number of ketones is 1. The van der Waals surface area contributed by atoms with Crippen LogP contribution in [0.3, 0.4) is 0 Å². The standard InChI is InChI=1S/C12H16ClNO3S/c1-3-12(13,18(16,17)4-2)11(15)9-6-5-7-10(14)8-9/h5-8H,3-4,14H2,1-2H3/t12-/m0/s1. The normalized spacial score (nSPS) is 15.1. The summed E-state index contributed by atoms with van der Waals surface area (Å²) >= 11 is 6.07. The van der Waals surface area contributed by atoms with E-state index in [2.05, 4.69) is 0 Å². The first-order valence-electron chi connectivity index (χ1n) is 5.60. The Hall–Kier alpha value is -1.07. The molecule has 0 bridgehead atoms. The Bertz CT molecular complexity index is 556. The van der Waals surface area contributed by atoms with Crippen molar-refractivity contribution >= 4 is 32.9 Å². The maximum atomic E-state index is 12.3. The maximum Gasteiger partial charge on any atom is 0.207 e. The first-order chi connectivity index (χ1) is 8.28. The molecule has 0 saturated carbocycles. The summed E-state index contributed by atoms with van der Waals surface area (Å²) in [6.45, 7) is 3.04. The third-order valence-corrected chi connectivity index (χ3v) is 6.18. The molecule has 6 heteroatoms. The van der Waals surface area contributed by atoms with Crippen LogP contribution in [0.5, 0.6) is 0 Å². The monoisotopic (exact) mass is 289 g/mol. The molecule has 0 radical (unpaired) electrons. The lowest BCUT2D eigenvalue weighted by Crippen LogP contribution is -2.41. The van der Waals surface area contributed by atoms with Gasteiger partial charge in [-0.1, -0.05) is 37.6 Å². The van der Waals surface area contributed by atoms with E-state index in [1.54, 1.807) is 19.1 Å². The summed E-state index contributed by atoms with van der Waals surface area (Å²) in [7, 11) is -3.70. The number of nitrogens with two attached hydrogens (primary N) is 1. The lowest BCUT2D eigenvalue weighted by atomic mass is 10.1. The molecule has 18 heavy (non-hydrogen) atoms. The lowest BCUT2D eigenvalue weighted by molar-refractivity contribution is 0.0970. The number of alkyl halides is 1. The molecule has 4 nitrogen and oxygen atoms in total. The average Bonchev–Trinajstić information content (AvgIpc) is 2.36. The summed E-state index contributed by atoms with van der Waals surface area (Å²) in [5, 5.41) is 0. The number of sulfone groups is 1. The van der Waals surface area contributed by atoms with Crippen molar-refractivity contribution in [3.63, 3.8) is 0 Å². The summed E-state index contributed by atoms with van der Waals surface area (Å²) in [5.41, 5.74) is 6.18. The maximum absolute atomic E-state index is 12.3. The summed E-state index contributed by atoms with van der Waals surface area (Å²) < 4.78 is 22.0. The number of anilines is 1. The molecule has 0 unspecified atom stereocenters. The number of benzene rings is 1. The van der Waals surface area contributed by atoms with E-state index in [1.165, 1.54) is 19.1 Å². The summed E-state index contributed by atoms with van der Waals surface area (Å²) in [6.07, 6.45) is 0.0123. The minimum Gasteiger partial charge on any atom is -0.399 e. The van der Waals surface area contributed by atoms with Crippen molar-refractivity contribution < 1.29 is 13.2 Å². The Morgan fingerprint density at radius 2 is 2.00 bits per heavy atom. The Labute approximate surface area is 112 Å². The largest absolute Gasteiger partial charge is 0.399 e. The molecule has 0 spiro atoms. The van der Waals surface area contributed by atoms with Crippen LogP contribution in [-0.2, 0) is 9.84 Å². The number of nitrogen functional groups attached to an aromatic ring is 1. The van der Waals surface area contributed by atoms with Crippen molar-refractivity contribution in [2.45, 2.75) is 24.5 Å². The van der Waals surface area contributed by atoms with E-state index in [0.717, 1.165) is 0 Å². The first-order valence-corrected chi connectivity index (χ1v) is 7.63. The molecule has 0 aromatic heterocycles.